The topological polar surface area (TPSA) is 75.7 Å². The van der Waals surface area contributed by atoms with Crippen LogP contribution in [0, 0.1) is 6.07 Å². The van der Waals surface area contributed by atoms with Gasteiger partial charge < -0.3 is 14.9 Å². The summed E-state index contributed by atoms with van der Waals surface area (Å²) in [6.45, 7) is 12.8. The molecule has 0 saturated heterocycles. The Hall–Kier alpha value is -5.91. The fourth-order valence-corrected chi connectivity index (χ4v) is 7.70. The van der Waals surface area contributed by atoms with E-state index in [1.54, 1.807) is 0 Å². The Morgan fingerprint density at radius 1 is 0.603 bits per heavy atom. The van der Waals surface area contributed by atoms with Gasteiger partial charge in [-0.1, -0.05) is 151 Å². The molecule has 3 heterocycles. The maximum absolute atomic E-state index is 12.3. The van der Waals surface area contributed by atoms with Crippen molar-refractivity contribution in [2.75, 3.05) is 0 Å². The van der Waals surface area contributed by atoms with E-state index in [9.17, 15) is 5.11 Å². The molecule has 0 amide bonds. The number of imidazole rings is 1. The Labute approximate surface area is 354 Å². The fraction of sp³-hybridized carbons (Fsp3) is 0.160. The number of hydrogen-bond acceptors (Lipinski definition) is 5. The number of para-hydroxylation sites is 2. The number of pyridine rings is 1. The first-order chi connectivity index (χ1) is 27.4. The minimum absolute atomic E-state index is 0. The molecule has 0 fully saturated rings. The number of benzene rings is 6. The van der Waals surface area contributed by atoms with E-state index in [1.807, 2.05) is 54.6 Å². The number of fused-ring (bicyclic) bond motifs is 2. The van der Waals surface area contributed by atoms with Crippen molar-refractivity contribution in [2.24, 2.45) is 9.81 Å². The fourth-order valence-electron chi connectivity index (χ4n) is 7.70. The van der Waals surface area contributed by atoms with Gasteiger partial charge in [0, 0.05) is 37.8 Å². The number of aromatic hydroxyl groups is 1. The van der Waals surface area contributed by atoms with Crippen molar-refractivity contribution >= 4 is 23.5 Å². The molecule has 58 heavy (non-hydrogen) atoms. The average Bonchev–Trinajstić information content (AvgIpc) is 3.83. The summed E-state index contributed by atoms with van der Waals surface area (Å²) in [4.78, 5) is 20.5. The monoisotopic (exact) mass is 935 g/mol. The Morgan fingerprint density at radius 2 is 1.26 bits per heavy atom. The van der Waals surface area contributed by atoms with Gasteiger partial charge in [0.15, 0.2) is 0 Å². The standard InChI is InChI=1S/C50H43BN5O.Pt/c1-49(2,3)34-30-38(47(57)39(31-34)50(4,5)6)48-53-46-37(22-15-26-45(46)56(48)44-25-14-13-21-36(44)32-17-9-7-10-18-32)41-24-16-23-40(52-41)33-27-28-42-43(29-33)55-51(54-42)35-19-11-8-12-20-35;/h7-26,28-31,57H,1-6H3;/q-1;. The van der Waals surface area contributed by atoms with Crippen LogP contribution in [0.2, 0.25) is 0 Å². The first-order valence-electron chi connectivity index (χ1n) is 19.5. The first kappa shape index (κ1) is 38.9. The number of phenols is 1. The van der Waals surface area contributed by atoms with Crippen molar-refractivity contribution in [3.63, 3.8) is 0 Å². The zero-order valence-corrected chi connectivity index (χ0v) is 35.7. The predicted octanol–water partition coefficient (Wildman–Crippen LogP) is 9.83. The average molecular weight is 936 g/mol. The molecule has 0 bridgehead atoms. The van der Waals surface area contributed by atoms with Crippen LogP contribution in [0.3, 0.4) is 0 Å². The van der Waals surface area contributed by atoms with E-state index in [4.69, 9.17) is 19.8 Å². The molecule has 6 aromatic carbocycles. The molecule has 0 spiro atoms. The third kappa shape index (κ3) is 7.13. The summed E-state index contributed by atoms with van der Waals surface area (Å²) in [5, 5.41) is 13.9. The summed E-state index contributed by atoms with van der Waals surface area (Å²) in [6, 6.07) is 52.9. The summed E-state index contributed by atoms with van der Waals surface area (Å²) in [5.41, 5.74) is 11.4. The van der Waals surface area contributed by atoms with Crippen molar-refractivity contribution in [1.29, 1.82) is 0 Å². The number of aromatic nitrogens is 3. The minimum atomic E-state index is -0.313. The van der Waals surface area contributed by atoms with Crippen LogP contribution in [0.5, 0.6) is 5.75 Å². The molecule has 1 N–H and O–H groups in total. The molecule has 1 aliphatic heterocycles. The third-order valence-electron chi connectivity index (χ3n) is 10.8. The van der Waals surface area contributed by atoms with E-state index in [2.05, 4.69) is 143 Å². The molecule has 1 aliphatic rings. The zero-order valence-electron chi connectivity index (χ0n) is 33.4. The normalized spacial score (nSPS) is 12.5. The second-order valence-corrected chi connectivity index (χ2v) is 16.8. The van der Waals surface area contributed by atoms with Crippen LogP contribution in [0.15, 0.2) is 155 Å². The smallest absolute Gasteiger partial charge is 0.438 e. The molecule has 0 atom stereocenters. The zero-order chi connectivity index (χ0) is 39.5. The number of rotatable bonds is 6. The van der Waals surface area contributed by atoms with Crippen molar-refractivity contribution in [2.45, 2.75) is 52.4 Å². The summed E-state index contributed by atoms with van der Waals surface area (Å²) in [5.74, 6) is 0.904. The van der Waals surface area contributed by atoms with Crippen molar-refractivity contribution in [3.8, 4) is 56.5 Å². The summed E-state index contributed by atoms with van der Waals surface area (Å²) >= 11 is 0. The Morgan fingerprint density at radius 3 is 2.00 bits per heavy atom. The van der Waals surface area contributed by atoms with Gasteiger partial charge in [0.2, 0.25) is 0 Å². The maximum Gasteiger partial charge on any atom is 0.438 e. The largest absolute Gasteiger partial charge is 0.507 e. The molecule has 0 aliphatic carbocycles. The summed E-state index contributed by atoms with van der Waals surface area (Å²) in [6.07, 6.45) is 0. The van der Waals surface area contributed by atoms with Gasteiger partial charge in [0.1, 0.15) is 11.6 Å². The van der Waals surface area contributed by atoms with Gasteiger partial charge in [-0.25, -0.2) is 4.98 Å². The molecule has 0 unspecified atom stereocenters. The molecular weight excluding hydrogens is 892 g/mol. The van der Waals surface area contributed by atoms with E-state index in [1.165, 1.54) is 0 Å². The Balaban J connectivity index is 0.00000469. The molecule has 9 rings (SSSR count). The van der Waals surface area contributed by atoms with E-state index in [0.29, 0.717) is 11.4 Å². The van der Waals surface area contributed by atoms with Crippen molar-refractivity contribution < 1.29 is 26.2 Å². The van der Waals surface area contributed by atoms with Gasteiger partial charge in [-0.3, -0.25) is 9.55 Å². The quantitative estimate of drug-likeness (QED) is 0.133. The molecule has 2 aromatic heterocycles. The predicted molar refractivity (Wildman–Crippen MR) is 233 cm³/mol. The van der Waals surface area contributed by atoms with E-state index < -0.39 is 0 Å². The number of phenolic OH excluding ortho intramolecular Hbond substituents is 1. The van der Waals surface area contributed by atoms with Crippen LogP contribution < -0.4 is 16.2 Å². The number of nitrogens with zero attached hydrogens (tertiary/aromatic N) is 5. The van der Waals surface area contributed by atoms with Crippen LogP contribution in [-0.2, 0) is 31.9 Å². The van der Waals surface area contributed by atoms with Crippen LogP contribution in [0.1, 0.15) is 52.7 Å². The third-order valence-corrected chi connectivity index (χ3v) is 10.8. The minimum Gasteiger partial charge on any atom is -0.507 e. The van der Waals surface area contributed by atoms with Crippen LogP contribution >= 0.6 is 0 Å². The second kappa shape index (κ2) is 15.1. The van der Waals surface area contributed by atoms with Gasteiger partial charge in [-0.2, -0.15) is 0 Å². The van der Waals surface area contributed by atoms with Crippen molar-refractivity contribution in [3.05, 3.63) is 174 Å². The number of hydrogen-bond donors (Lipinski definition) is 1. The van der Waals surface area contributed by atoms with Gasteiger partial charge in [0.05, 0.1) is 28.0 Å². The molecule has 8 heteroatoms. The molecule has 0 radical (unpaired) electrons. The van der Waals surface area contributed by atoms with E-state index in [0.717, 1.165) is 77.7 Å². The molecule has 8 aromatic rings. The van der Waals surface area contributed by atoms with Gasteiger partial charge >= 0.3 is 6.98 Å². The Kier molecular flexibility index (Phi) is 10.2. The van der Waals surface area contributed by atoms with Crippen LogP contribution in [0.25, 0.3) is 61.8 Å². The molecular formula is C50H43BN5OPt-. The van der Waals surface area contributed by atoms with E-state index >= 15 is 0 Å². The van der Waals surface area contributed by atoms with Gasteiger partial charge in [0.25, 0.3) is 0 Å². The summed E-state index contributed by atoms with van der Waals surface area (Å²) in [7, 11) is 0. The Bertz CT molecular complexity index is 2950. The SMILES string of the molecule is CC(C)(C)c1cc(-c2nc3c(-c4cccc(-c5[c-]cc6c(c5)=NB(c5ccccc5)N=6)n4)cccc3n2-c2ccccc2-c2ccccc2)c(O)c(C(C)(C)C)c1.[Pt]. The van der Waals surface area contributed by atoms with Gasteiger partial charge in [-0.05, 0) is 68.1 Å². The molecule has 288 valence electrons. The first-order valence-corrected chi connectivity index (χ1v) is 19.5. The van der Waals surface area contributed by atoms with Gasteiger partial charge in [-0.15, -0.1) is 23.8 Å². The van der Waals surface area contributed by atoms with E-state index in [-0.39, 0.29) is 44.6 Å². The second-order valence-electron chi connectivity index (χ2n) is 16.8. The maximum atomic E-state index is 12.3. The molecule has 0 saturated carbocycles. The van der Waals surface area contributed by atoms with Crippen LogP contribution in [-0.4, -0.2) is 26.6 Å². The van der Waals surface area contributed by atoms with Crippen molar-refractivity contribution in [1.82, 2.24) is 14.5 Å². The summed E-state index contributed by atoms with van der Waals surface area (Å²) < 4.78 is 2.21. The van der Waals surface area contributed by atoms with Crippen LogP contribution in [0.4, 0.5) is 0 Å². The molecule has 6 nitrogen and oxygen atoms in total.